The summed E-state index contributed by atoms with van der Waals surface area (Å²) in [6.45, 7) is 4.83. The van der Waals surface area contributed by atoms with Crippen LogP contribution >= 0.6 is 0 Å². The Bertz CT molecular complexity index is 845. The van der Waals surface area contributed by atoms with Crippen molar-refractivity contribution in [2.24, 2.45) is 5.10 Å². The van der Waals surface area contributed by atoms with E-state index in [0.717, 1.165) is 36.5 Å². The number of likely N-dealkylation sites (tertiary alicyclic amines) is 1. The number of nitrogens with zero attached hydrogens (tertiary/aromatic N) is 2. The molecule has 27 heavy (non-hydrogen) atoms. The van der Waals surface area contributed by atoms with E-state index >= 15 is 0 Å². The summed E-state index contributed by atoms with van der Waals surface area (Å²) in [5.74, 6) is -0.299. The first-order valence-electron chi connectivity index (χ1n) is 9.07. The summed E-state index contributed by atoms with van der Waals surface area (Å²) in [7, 11) is 1.66. The maximum Gasteiger partial charge on any atom is 0.274 e. The highest BCUT2D eigenvalue weighted by Crippen LogP contribution is 2.23. The molecule has 0 saturated carbocycles. The summed E-state index contributed by atoms with van der Waals surface area (Å²) in [6.07, 6.45) is 2.45. The summed E-state index contributed by atoms with van der Waals surface area (Å²) in [4.78, 5) is 14.5. The highest BCUT2D eigenvalue weighted by atomic mass is 19.1. The zero-order valence-corrected chi connectivity index (χ0v) is 15.7. The Hall–Kier alpha value is -2.73. The number of hydrogen-bond donors (Lipinski definition) is 1. The molecule has 5 nitrogen and oxygen atoms in total. The van der Waals surface area contributed by atoms with Crippen molar-refractivity contribution in [1.82, 2.24) is 10.3 Å². The van der Waals surface area contributed by atoms with Crippen LogP contribution in [0, 0.1) is 5.82 Å². The summed E-state index contributed by atoms with van der Waals surface area (Å²) in [5, 5.41) is 4.14. The predicted molar refractivity (Wildman–Crippen MR) is 104 cm³/mol. The van der Waals surface area contributed by atoms with Crippen LogP contribution in [0.15, 0.2) is 47.6 Å². The summed E-state index contributed by atoms with van der Waals surface area (Å²) < 4.78 is 19.2. The van der Waals surface area contributed by atoms with Gasteiger partial charge in [-0.3, -0.25) is 9.69 Å². The molecule has 0 aliphatic carbocycles. The van der Waals surface area contributed by atoms with E-state index < -0.39 is 11.7 Å². The molecule has 1 saturated heterocycles. The number of hydrazone groups is 1. The second kappa shape index (κ2) is 8.77. The highest BCUT2D eigenvalue weighted by Gasteiger charge is 2.15. The fraction of sp³-hybridized carbons (Fsp3) is 0.333. The maximum absolute atomic E-state index is 13.7. The number of ether oxygens (including phenoxy) is 1. The Labute approximate surface area is 158 Å². The molecule has 1 N–H and O–H groups in total. The molecule has 0 aromatic heterocycles. The molecular formula is C21H24FN3O2. The molecule has 0 atom stereocenters. The van der Waals surface area contributed by atoms with E-state index in [1.165, 1.54) is 25.0 Å². The molecule has 1 fully saturated rings. The van der Waals surface area contributed by atoms with Crippen molar-refractivity contribution in [3.05, 3.63) is 65.0 Å². The molecule has 2 aromatic rings. The molecule has 2 aromatic carbocycles. The first-order valence-corrected chi connectivity index (χ1v) is 9.07. The minimum Gasteiger partial charge on any atom is -0.496 e. The molecule has 0 unspecified atom stereocenters. The average Bonchev–Trinajstić information content (AvgIpc) is 3.19. The van der Waals surface area contributed by atoms with Gasteiger partial charge in [-0.2, -0.15) is 5.10 Å². The number of halogens is 1. The van der Waals surface area contributed by atoms with E-state index in [4.69, 9.17) is 4.74 Å². The Kier molecular flexibility index (Phi) is 6.19. The van der Waals surface area contributed by atoms with E-state index in [9.17, 15) is 9.18 Å². The van der Waals surface area contributed by atoms with Crippen LogP contribution in [0.2, 0.25) is 0 Å². The van der Waals surface area contributed by atoms with Crippen molar-refractivity contribution in [3.8, 4) is 5.75 Å². The van der Waals surface area contributed by atoms with Crippen LogP contribution < -0.4 is 10.2 Å². The van der Waals surface area contributed by atoms with Crippen LogP contribution in [0.4, 0.5) is 4.39 Å². The predicted octanol–water partition coefficient (Wildman–Crippen LogP) is 3.58. The molecule has 6 heteroatoms. The lowest BCUT2D eigenvalue weighted by atomic mass is 10.1. The largest absolute Gasteiger partial charge is 0.496 e. The van der Waals surface area contributed by atoms with Gasteiger partial charge in [-0.05, 0) is 68.8 Å². The lowest BCUT2D eigenvalue weighted by molar-refractivity contribution is 0.0951. The second-order valence-corrected chi connectivity index (χ2v) is 6.63. The lowest BCUT2D eigenvalue weighted by Gasteiger charge is -2.17. The van der Waals surface area contributed by atoms with Gasteiger partial charge in [0.2, 0.25) is 0 Å². The Morgan fingerprint density at radius 2 is 1.96 bits per heavy atom. The van der Waals surface area contributed by atoms with Crippen molar-refractivity contribution in [2.45, 2.75) is 26.3 Å². The summed E-state index contributed by atoms with van der Waals surface area (Å²) in [6, 6.07) is 11.7. The minimum absolute atomic E-state index is 0.0292. The monoisotopic (exact) mass is 369 g/mol. The molecular weight excluding hydrogens is 345 g/mol. The molecule has 1 aliphatic rings. The normalized spacial score (nSPS) is 15.0. The van der Waals surface area contributed by atoms with Gasteiger partial charge >= 0.3 is 0 Å². The molecule has 1 amide bonds. The number of rotatable bonds is 6. The van der Waals surface area contributed by atoms with Crippen molar-refractivity contribution < 1.29 is 13.9 Å². The quantitative estimate of drug-likeness (QED) is 0.625. The number of methoxy groups -OCH3 is 1. The van der Waals surface area contributed by atoms with Crippen LogP contribution in [-0.2, 0) is 6.54 Å². The third-order valence-electron chi connectivity index (χ3n) is 4.73. The molecule has 0 spiro atoms. The van der Waals surface area contributed by atoms with Crippen LogP contribution in [0.3, 0.4) is 0 Å². The van der Waals surface area contributed by atoms with Gasteiger partial charge in [-0.15, -0.1) is 0 Å². The average molecular weight is 369 g/mol. The molecule has 3 rings (SSSR count). The topological polar surface area (TPSA) is 53.9 Å². The van der Waals surface area contributed by atoms with E-state index in [1.807, 2.05) is 25.1 Å². The van der Waals surface area contributed by atoms with E-state index in [1.54, 1.807) is 19.2 Å². The van der Waals surface area contributed by atoms with Gasteiger partial charge in [-0.1, -0.05) is 12.1 Å². The van der Waals surface area contributed by atoms with Crippen molar-refractivity contribution in [3.63, 3.8) is 0 Å². The first-order chi connectivity index (χ1) is 13.1. The van der Waals surface area contributed by atoms with Crippen LogP contribution in [0.5, 0.6) is 5.75 Å². The van der Waals surface area contributed by atoms with Gasteiger partial charge in [0.15, 0.2) is 0 Å². The summed E-state index contributed by atoms with van der Waals surface area (Å²) >= 11 is 0. The molecule has 1 heterocycles. The van der Waals surface area contributed by atoms with Crippen molar-refractivity contribution in [2.75, 3.05) is 20.2 Å². The zero-order valence-electron chi connectivity index (χ0n) is 15.7. The standard InChI is InChI=1S/C21H24FN3O2/c1-15(23-24-21(26)18-7-3-4-8-19(18)22)16-9-10-20(27-2)17(13-16)14-25-11-5-6-12-25/h3-4,7-10,13H,5-6,11-12,14H2,1-2H3,(H,24,26)/b23-15-. The number of amides is 1. The highest BCUT2D eigenvalue weighted by molar-refractivity contribution is 6.01. The lowest BCUT2D eigenvalue weighted by Crippen LogP contribution is -2.21. The van der Waals surface area contributed by atoms with Gasteiger partial charge in [-0.25, -0.2) is 9.82 Å². The van der Waals surface area contributed by atoms with Crippen molar-refractivity contribution in [1.29, 1.82) is 0 Å². The third kappa shape index (κ3) is 4.71. The fourth-order valence-electron chi connectivity index (χ4n) is 3.21. The number of carbonyl (C=O) groups excluding carboxylic acids is 1. The fourth-order valence-corrected chi connectivity index (χ4v) is 3.21. The molecule has 142 valence electrons. The second-order valence-electron chi connectivity index (χ2n) is 6.63. The SMILES string of the molecule is COc1ccc(/C(C)=N\NC(=O)c2ccccc2F)cc1CN1CCCC1. The van der Waals surface area contributed by atoms with E-state index in [2.05, 4.69) is 15.4 Å². The maximum atomic E-state index is 13.7. The molecule has 0 radical (unpaired) electrons. The van der Waals surface area contributed by atoms with Crippen LogP contribution in [-0.4, -0.2) is 36.7 Å². The van der Waals surface area contributed by atoms with Gasteiger partial charge in [0, 0.05) is 12.1 Å². The summed E-state index contributed by atoms with van der Waals surface area (Å²) in [5.41, 5.74) is 5.02. The van der Waals surface area contributed by atoms with Gasteiger partial charge in [0.05, 0.1) is 18.4 Å². The van der Waals surface area contributed by atoms with Crippen LogP contribution in [0.25, 0.3) is 0 Å². The Balaban J connectivity index is 1.75. The third-order valence-corrected chi connectivity index (χ3v) is 4.73. The minimum atomic E-state index is -0.571. The number of nitrogens with one attached hydrogen (secondary N) is 1. The van der Waals surface area contributed by atoms with Gasteiger partial charge < -0.3 is 4.74 Å². The first kappa shape index (κ1) is 19.0. The van der Waals surface area contributed by atoms with Gasteiger partial charge in [0.1, 0.15) is 11.6 Å². The number of hydrogen-bond acceptors (Lipinski definition) is 4. The Morgan fingerprint density at radius 1 is 1.22 bits per heavy atom. The Morgan fingerprint density at radius 3 is 2.67 bits per heavy atom. The zero-order chi connectivity index (χ0) is 19.2. The molecule has 1 aliphatic heterocycles. The molecule has 0 bridgehead atoms. The van der Waals surface area contributed by atoms with Crippen LogP contribution in [0.1, 0.15) is 41.3 Å². The van der Waals surface area contributed by atoms with Crippen molar-refractivity contribution >= 4 is 11.6 Å². The van der Waals surface area contributed by atoms with Gasteiger partial charge in [0.25, 0.3) is 5.91 Å². The van der Waals surface area contributed by atoms with E-state index in [0.29, 0.717) is 5.71 Å². The van der Waals surface area contributed by atoms with E-state index in [-0.39, 0.29) is 5.56 Å². The number of benzene rings is 2. The smallest absolute Gasteiger partial charge is 0.274 e. The number of carbonyl (C=O) groups is 1.